The number of nitrogens with one attached hydrogen (secondary N) is 1. The molecule has 2 amide bonds. The number of hydrogen-bond donors (Lipinski definition) is 1. The van der Waals surface area contributed by atoms with E-state index >= 15 is 0 Å². The summed E-state index contributed by atoms with van der Waals surface area (Å²) in [6.45, 7) is 4.37. The van der Waals surface area contributed by atoms with E-state index in [-0.39, 0.29) is 17.9 Å². The number of nitrogens with zero attached hydrogens (tertiary/aromatic N) is 1. The number of carbonyl (C=O) groups excluding carboxylic acids is 2. The molecule has 5 rings (SSSR count). The maximum absolute atomic E-state index is 13.7. The molecule has 0 fully saturated rings. The quantitative estimate of drug-likeness (QED) is 0.300. The van der Waals surface area contributed by atoms with Gasteiger partial charge in [0, 0.05) is 22.8 Å². The number of anilines is 1. The Balaban J connectivity index is 1.45. The number of ether oxygens (including phenoxy) is 1. The lowest BCUT2D eigenvalue weighted by Crippen LogP contribution is -2.40. The van der Waals surface area contributed by atoms with Crippen molar-refractivity contribution in [1.82, 2.24) is 4.90 Å². The monoisotopic (exact) mass is 524 g/mol. The van der Waals surface area contributed by atoms with E-state index in [4.69, 9.17) is 16.3 Å². The van der Waals surface area contributed by atoms with Crippen LogP contribution in [0.5, 0.6) is 5.75 Å². The maximum atomic E-state index is 13.7. The molecule has 0 saturated heterocycles. The van der Waals surface area contributed by atoms with Crippen LogP contribution in [0.4, 0.5) is 5.69 Å². The molecule has 0 saturated carbocycles. The van der Waals surface area contributed by atoms with Crippen molar-refractivity contribution in [1.29, 1.82) is 0 Å². The topological polar surface area (TPSA) is 58.6 Å². The van der Waals surface area contributed by atoms with Crippen molar-refractivity contribution in [2.24, 2.45) is 0 Å². The average Bonchev–Trinajstić information content (AvgIpc) is 2.92. The van der Waals surface area contributed by atoms with Crippen LogP contribution in [0.25, 0.3) is 0 Å². The zero-order valence-corrected chi connectivity index (χ0v) is 22.1. The summed E-state index contributed by atoms with van der Waals surface area (Å²) in [6, 6.07) is 30.3. The Morgan fingerprint density at radius 1 is 0.947 bits per heavy atom. The highest BCUT2D eigenvalue weighted by Gasteiger charge is 2.33. The Kier molecular flexibility index (Phi) is 7.47. The SMILES string of the molecule is Cc1cccc(C2c3cc(OC(C)C(=O)Nc4cccc(Cl)c4)ccc3CCN2C(=O)c2ccccc2)c1. The van der Waals surface area contributed by atoms with Crippen LogP contribution in [-0.4, -0.2) is 29.4 Å². The molecule has 5 nitrogen and oxygen atoms in total. The number of halogens is 1. The van der Waals surface area contributed by atoms with E-state index in [1.807, 2.05) is 59.5 Å². The Morgan fingerprint density at radius 3 is 2.50 bits per heavy atom. The third-order valence-electron chi connectivity index (χ3n) is 6.76. The van der Waals surface area contributed by atoms with Gasteiger partial charge in [0.15, 0.2) is 6.10 Å². The number of aryl methyl sites for hydroxylation is 1. The third kappa shape index (κ3) is 5.58. The number of rotatable bonds is 6. The fraction of sp³-hybridized carbons (Fsp3) is 0.188. The summed E-state index contributed by atoms with van der Waals surface area (Å²) >= 11 is 6.04. The molecule has 4 aromatic rings. The van der Waals surface area contributed by atoms with Crippen molar-refractivity contribution in [3.05, 3.63) is 130 Å². The molecule has 38 heavy (non-hydrogen) atoms. The zero-order valence-electron chi connectivity index (χ0n) is 21.4. The van der Waals surface area contributed by atoms with E-state index in [1.54, 1.807) is 31.2 Å². The molecular formula is C32H29ClN2O3. The second kappa shape index (κ2) is 11.1. The van der Waals surface area contributed by atoms with E-state index in [0.29, 0.717) is 28.6 Å². The molecule has 2 unspecified atom stereocenters. The Bertz CT molecular complexity index is 1470. The van der Waals surface area contributed by atoms with Gasteiger partial charge in [-0.2, -0.15) is 0 Å². The molecule has 1 N–H and O–H groups in total. The van der Waals surface area contributed by atoms with Crippen LogP contribution in [0.1, 0.15) is 45.6 Å². The summed E-state index contributed by atoms with van der Waals surface area (Å²) in [5.74, 6) is 0.286. The van der Waals surface area contributed by atoms with Crippen LogP contribution >= 0.6 is 11.6 Å². The number of carbonyl (C=O) groups is 2. The first kappa shape index (κ1) is 25.6. The van der Waals surface area contributed by atoms with Gasteiger partial charge in [0.1, 0.15) is 5.75 Å². The number of fused-ring (bicyclic) bond motifs is 1. The Labute approximate surface area is 228 Å². The molecule has 4 aromatic carbocycles. The maximum Gasteiger partial charge on any atom is 0.265 e. The van der Waals surface area contributed by atoms with Crippen molar-refractivity contribution < 1.29 is 14.3 Å². The smallest absolute Gasteiger partial charge is 0.265 e. The Morgan fingerprint density at radius 2 is 1.74 bits per heavy atom. The molecular weight excluding hydrogens is 496 g/mol. The van der Waals surface area contributed by atoms with Gasteiger partial charge in [-0.25, -0.2) is 0 Å². The second-order valence-electron chi connectivity index (χ2n) is 9.55. The van der Waals surface area contributed by atoms with E-state index in [2.05, 4.69) is 30.4 Å². The summed E-state index contributed by atoms with van der Waals surface area (Å²) < 4.78 is 6.08. The van der Waals surface area contributed by atoms with Gasteiger partial charge in [0.05, 0.1) is 6.04 Å². The first-order valence-corrected chi connectivity index (χ1v) is 13.1. The molecule has 0 aliphatic carbocycles. The van der Waals surface area contributed by atoms with E-state index in [1.165, 1.54) is 0 Å². The molecule has 1 aliphatic heterocycles. The molecule has 6 heteroatoms. The minimum absolute atomic E-state index is 0.0108. The minimum Gasteiger partial charge on any atom is -0.481 e. The van der Waals surface area contributed by atoms with Gasteiger partial charge in [0.2, 0.25) is 0 Å². The lowest BCUT2D eigenvalue weighted by molar-refractivity contribution is -0.122. The fourth-order valence-corrected chi connectivity index (χ4v) is 5.09. The van der Waals surface area contributed by atoms with E-state index in [9.17, 15) is 9.59 Å². The van der Waals surface area contributed by atoms with Crippen molar-refractivity contribution in [3.63, 3.8) is 0 Å². The van der Waals surface area contributed by atoms with Gasteiger partial charge in [-0.3, -0.25) is 9.59 Å². The minimum atomic E-state index is -0.741. The van der Waals surface area contributed by atoms with Crippen molar-refractivity contribution in [3.8, 4) is 5.75 Å². The van der Waals surface area contributed by atoms with Crippen LogP contribution in [0.2, 0.25) is 5.02 Å². The van der Waals surface area contributed by atoms with Gasteiger partial charge in [-0.15, -0.1) is 0 Å². The van der Waals surface area contributed by atoms with Crippen LogP contribution in [0.3, 0.4) is 0 Å². The average molecular weight is 525 g/mol. The van der Waals surface area contributed by atoms with Gasteiger partial charge >= 0.3 is 0 Å². The van der Waals surface area contributed by atoms with Crippen LogP contribution in [-0.2, 0) is 11.2 Å². The van der Waals surface area contributed by atoms with Gasteiger partial charge in [-0.05, 0) is 79.4 Å². The highest BCUT2D eigenvalue weighted by Crippen LogP contribution is 2.38. The lowest BCUT2D eigenvalue weighted by atomic mass is 9.87. The standard InChI is InChI=1S/C32H29ClN2O3/c1-21-8-6-11-25(18-21)30-29-20-28(38-22(2)31(36)34-27-13-7-12-26(33)19-27)15-14-23(29)16-17-35(30)32(37)24-9-4-3-5-10-24/h3-15,18-20,22,30H,16-17H2,1-2H3,(H,34,36). The van der Waals surface area contributed by atoms with Gasteiger partial charge < -0.3 is 15.0 Å². The van der Waals surface area contributed by atoms with E-state index < -0.39 is 6.10 Å². The molecule has 0 bridgehead atoms. The van der Waals surface area contributed by atoms with Crippen molar-refractivity contribution in [2.75, 3.05) is 11.9 Å². The van der Waals surface area contributed by atoms with Crippen LogP contribution in [0, 0.1) is 6.92 Å². The van der Waals surface area contributed by atoms with Gasteiger partial charge in [-0.1, -0.05) is 71.8 Å². The molecule has 0 radical (unpaired) electrons. The number of benzene rings is 4. The second-order valence-corrected chi connectivity index (χ2v) is 9.99. The molecule has 0 aromatic heterocycles. The Hall–Kier alpha value is -4.09. The summed E-state index contributed by atoms with van der Waals surface area (Å²) in [5, 5.41) is 3.39. The lowest BCUT2D eigenvalue weighted by Gasteiger charge is -2.38. The number of hydrogen-bond acceptors (Lipinski definition) is 3. The van der Waals surface area contributed by atoms with Crippen LogP contribution in [0.15, 0.2) is 97.1 Å². The predicted molar refractivity (Wildman–Crippen MR) is 151 cm³/mol. The van der Waals surface area contributed by atoms with Crippen molar-refractivity contribution >= 4 is 29.1 Å². The normalized spacial score (nSPS) is 15.3. The summed E-state index contributed by atoms with van der Waals surface area (Å²) in [5.41, 5.74) is 5.60. The number of amides is 2. The summed E-state index contributed by atoms with van der Waals surface area (Å²) in [7, 11) is 0. The van der Waals surface area contributed by atoms with Gasteiger partial charge in [0.25, 0.3) is 11.8 Å². The predicted octanol–water partition coefficient (Wildman–Crippen LogP) is 6.84. The fourth-order valence-electron chi connectivity index (χ4n) is 4.90. The first-order chi connectivity index (χ1) is 18.4. The summed E-state index contributed by atoms with van der Waals surface area (Å²) in [6.07, 6.45) is -0.00324. The molecule has 0 spiro atoms. The highest BCUT2D eigenvalue weighted by atomic mass is 35.5. The molecule has 1 heterocycles. The largest absolute Gasteiger partial charge is 0.481 e. The van der Waals surface area contributed by atoms with E-state index in [0.717, 1.165) is 28.7 Å². The molecule has 2 atom stereocenters. The zero-order chi connectivity index (χ0) is 26.6. The van der Waals surface area contributed by atoms with Crippen molar-refractivity contribution in [2.45, 2.75) is 32.4 Å². The first-order valence-electron chi connectivity index (χ1n) is 12.7. The van der Waals surface area contributed by atoms with Crippen LogP contribution < -0.4 is 10.1 Å². The molecule has 1 aliphatic rings. The molecule has 192 valence electrons. The third-order valence-corrected chi connectivity index (χ3v) is 6.99. The summed E-state index contributed by atoms with van der Waals surface area (Å²) in [4.78, 5) is 28.4. The highest BCUT2D eigenvalue weighted by molar-refractivity contribution is 6.30.